The fourth-order valence-corrected chi connectivity index (χ4v) is 5.79. The van der Waals surface area contributed by atoms with Crippen LogP contribution < -0.4 is 10.2 Å². The molecule has 0 aromatic heterocycles. The van der Waals surface area contributed by atoms with Crippen molar-refractivity contribution in [2.24, 2.45) is 5.92 Å². The third kappa shape index (κ3) is 4.64. The molecule has 1 N–H and O–H groups in total. The molecule has 2 amide bonds. The van der Waals surface area contributed by atoms with Crippen molar-refractivity contribution in [3.63, 3.8) is 0 Å². The van der Waals surface area contributed by atoms with Gasteiger partial charge in [0.15, 0.2) is 9.84 Å². The van der Waals surface area contributed by atoms with E-state index in [4.69, 9.17) is 0 Å². The zero-order chi connectivity index (χ0) is 22.3. The molecule has 0 unspecified atom stereocenters. The van der Waals surface area contributed by atoms with Crippen molar-refractivity contribution in [2.75, 3.05) is 22.5 Å². The predicted octanol–water partition coefficient (Wildman–Crippen LogP) is 3.83. The second-order valence-electron chi connectivity index (χ2n) is 7.67. The smallest absolute Gasteiger partial charge is 0.230 e. The van der Waals surface area contributed by atoms with Crippen molar-refractivity contribution >= 4 is 49.0 Å². The van der Waals surface area contributed by atoms with E-state index < -0.39 is 39.6 Å². The number of carbonyl (C=O) groups excluding carboxylic acids is 2. The predicted molar refractivity (Wildman–Crippen MR) is 115 cm³/mol. The van der Waals surface area contributed by atoms with Crippen molar-refractivity contribution in [3.8, 4) is 0 Å². The van der Waals surface area contributed by atoms with Crippen molar-refractivity contribution in [3.05, 3.63) is 52.0 Å². The van der Waals surface area contributed by atoms with E-state index in [-0.39, 0.29) is 22.4 Å². The molecule has 10 heteroatoms. The molecule has 1 fully saturated rings. The minimum atomic E-state index is -3.94. The van der Waals surface area contributed by atoms with E-state index in [1.54, 1.807) is 6.07 Å². The van der Waals surface area contributed by atoms with E-state index in [1.807, 2.05) is 0 Å². The van der Waals surface area contributed by atoms with Crippen LogP contribution in [0, 0.1) is 17.6 Å². The van der Waals surface area contributed by atoms with Gasteiger partial charge in [0.1, 0.15) is 11.6 Å². The Balaban J connectivity index is 1.54. The number of carbonyl (C=O) groups is 2. The van der Waals surface area contributed by atoms with Crippen LogP contribution in [0.5, 0.6) is 0 Å². The summed E-state index contributed by atoms with van der Waals surface area (Å²) < 4.78 is 53.8. The summed E-state index contributed by atoms with van der Waals surface area (Å²) in [5.74, 6) is -2.98. The van der Waals surface area contributed by atoms with Crippen molar-refractivity contribution in [1.29, 1.82) is 0 Å². The lowest BCUT2D eigenvalue weighted by atomic mass is 10.2. The maximum Gasteiger partial charge on any atom is 0.230 e. The largest absolute Gasteiger partial charge is 0.323 e. The Kier molecular flexibility index (Phi) is 5.87. The lowest BCUT2D eigenvalue weighted by Gasteiger charge is -2.20. The fourth-order valence-electron chi connectivity index (χ4n) is 3.62. The maximum atomic E-state index is 13.7. The summed E-state index contributed by atoms with van der Waals surface area (Å²) in [7, 11) is -3.94. The van der Waals surface area contributed by atoms with Crippen LogP contribution in [0.4, 0.5) is 20.2 Å². The van der Waals surface area contributed by atoms with Gasteiger partial charge in [-0.1, -0.05) is 15.9 Å². The number of sulfone groups is 1. The molecule has 4 rings (SSSR count). The zero-order valence-electron chi connectivity index (χ0n) is 16.3. The number of nitrogens with one attached hydrogen (secondary N) is 1. The highest BCUT2D eigenvalue weighted by Crippen LogP contribution is 2.41. The summed E-state index contributed by atoms with van der Waals surface area (Å²) in [6.07, 6.45) is 1.71. The molecule has 0 spiro atoms. The molecule has 6 nitrogen and oxygen atoms in total. The molecule has 0 saturated heterocycles. The van der Waals surface area contributed by atoms with Crippen molar-refractivity contribution < 1.29 is 26.8 Å². The Morgan fingerprint density at radius 3 is 2.61 bits per heavy atom. The van der Waals surface area contributed by atoms with Crippen LogP contribution in [0.3, 0.4) is 0 Å². The number of hydrogen-bond donors (Lipinski definition) is 1. The number of hydrogen-bond acceptors (Lipinski definition) is 4. The van der Waals surface area contributed by atoms with Gasteiger partial charge in [-0.3, -0.25) is 9.59 Å². The highest BCUT2D eigenvalue weighted by atomic mass is 79.9. The minimum Gasteiger partial charge on any atom is -0.323 e. The Morgan fingerprint density at radius 1 is 1.16 bits per heavy atom. The van der Waals surface area contributed by atoms with Crippen LogP contribution in [0.25, 0.3) is 0 Å². The molecule has 31 heavy (non-hydrogen) atoms. The Morgan fingerprint density at radius 2 is 1.90 bits per heavy atom. The quantitative estimate of drug-likeness (QED) is 0.637. The fraction of sp³-hybridized carbons (Fsp3) is 0.333. The van der Waals surface area contributed by atoms with E-state index in [0.717, 1.165) is 36.6 Å². The van der Waals surface area contributed by atoms with Crippen LogP contribution in [0.2, 0.25) is 0 Å². The molecule has 2 aliphatic rings. The van der Waals surface area contributed by atoms with Gasteiger partial charge in [-0.15, -0.1) is 0 Å². The van der Waals surface area contributed by atoms with Gasteiger partial charge in [-0.05, 0) is 49.1 Å². The number of benzene rings is 2. The first-order chi connectivity index (χ1) is 14.7. The summed E-state index contributed by atoms with van der Waals surface area (Å²) in [4.78, 5) is 26.4. The molecule has 0 radical (unpaired) electrons. The summed E-state index contributed by atoms with van der Waals surface area (Å²) in [6.45, 7) is 0.420. The molecule has 0 atom stereocenters. The number of fused-ring (bicyclic) bond motifs is 1. The molecule has 1 heterocycles. The number of rotatable bonds is 6. The molecule has 2 aromatic rings. The van der Waals surface area contributed by atoms with Crippen molar-refractivity contribution in [1.82, 2.24) is 0 Å². The second kappa shape index (κ2) is 8.31. The third-order valence-corrected chi connectivity index (χ3v) is 7.50. The lowest BCUT2D eigenvalue weighted by molar-refractivity contribution is -0.119. The average Bonchev–Trinajstić information content (AvgIpc) is 3.48. The normalized spacial score (nSPS) is 15.6. The summed E-state index contributed by atoms with van der Waals surface area (Å²) in [6, 6.07) is 5.85. The van der Waals surface area contributed by atoms with Gasteiger partial charge in [0.05, 0.1) is 22.0 Å². The molecule has 2 aromatic carbocycles. The molecule has 1 saturated carbocycles. The first-order valence-electron chi connectivity index (χ1n) is 9.77. The van der Waals surface area contributed by atoms with E-state index in [0.29, 0.717) is 23.1 Å². The number of anilines is 2. The second-order valence-corrected chi connectivity index (χ2v) is 10.7. The van der Waals surface area contributed by atoms with Gasteiger partial charge in [0, 0.05) is 29.4 Å². The number of nitrogens with zero attached hydrogens (tertiary/aromatic N) is 1. The lowest BCUT2D eigenvalue weighted by Crippen LogP contribution is -2.31. The summed E-state index contributed by atoms with van der Waals surface area (Å²) in [5.41, 5.74) is 0.789. The molecular weight excluding hydrogens is 494 g/mol. The van der Waals surface area contributed by atoms with Crippen LogP contribution in [0.15, 0.2) is 39.7 Å². The number of halogens is 3. The first kappa shape index (κ1) is 21.9. The Bertz CT molecular complexity index is 1180. The van der Waals surface area contributed by atoms with Crippen molar-refractivity contribution in [2.45, 2.75) is 30.6 Å². The van der Waals surface area contributed by atoms with Gasteiger partial charge in [0.2, 0.25) is 11.8 Å². The standard InChI is InChI=1S/C21H19BrF2N2O4S/c22-14-9-13-5-7-26(21(28)12-1-2-12)20(13)18(10-14)31(29,30)8-6-19(27)25-17-11-15(23)3-4-16(17)24/h3-4,9-12H,1-2,5-8H2,(H,25,27). The molecular formula is C21H19BrF2N2O4S. The monoisotopic (exact) mass is 512 g/mol. The van der Waals surface area contributed by atoms with Crippen LogP contribution >= 0.6 is 15.9 Å². The van der Waals surface area contributed by atoms with Gasteiger partial charge in [0.25, 0.3) is 0 Å². The SMILES string of the molecule is O=C(CCS(=O)(=O)c1cc(Br)cc2c1N(C(=O)C1CC1)CC2)Nc1cc(F)ccc1F. The average molecular weight is 513 g/mol. The molecule has 164 valence electrons. The van der Waals surface area contributed by atoms with Crippen LogP contribution in [-0.2, 0) is 25.8 Å². The van der Waals surface area contributed by atoms with E-state index in [9.17, 15) is 26.8 Å². The molecule has 1 aliphatic carbocycles. The molecule has 0 bridgehead atoms. The van der Waals surface area contributed by atoms with E-state index >= 15 is 0 Å². The topological polar surface area (TPSA) is 83.6 Å². The van der Waals surface area contributed by atoms with E-state index in [2.05, 4.69) is 21.2 Å². The van der Waals surface area contributed by atoms with Gasteiger partial charge in [-0.2, -0.15) is 0 Å². The highest BCUT2D eigenvalue weighted by molar-refractivity contribution is 9.10. The zero-order valence-corrected chi connectivity index (χ0v) is 18.7. The van der Waals surface area contributed by atoms with Gasteiger partial charge in [-0.25, -0.2) is 17.2 Å². The van der Waals surface area contributed by atoms with Gasteiger partial charge < -0.3 is 10.2 Å². The van der Waals surface area contributed by atoms with Gasteiger partial charge >= 0.3 is 0 Å². The minimum absolute atomic E-state index is 0.00638. The maximum absolute atomic E-state index is 13.7. The van der Waals surface area contributed by atoms with Crippen LogP contribution in [0.1, 0.15) is 24.8 Å². The van der Waals surface area contributed by atoms with Crippen LogP contribution in [-0.4, -0.2) is 32.5 Å². The highest BCUT2D eigenvalue weighted by Gasteiger charge is 2.39. The first-order valence-corrected chi connectivity index (χ1v) is 12.2. The molecule has 1 aliphatic heterocycles. The third-order valence-electron chi connectivity index (χ3n) is 5.32. The Labute approximate surface area is 186 Å². The van der Waals surface area contributed by atoms with E-state index in [1.165, 1.54) is 11.0 Å². The summed E-state index contributed by atoms with van der Waals surface area (Å²) >= 11 is 3.32. The Hall–Kier alpha value is -2.33. The summed E-state index contributed by atoms with van der Waals surface area (Å²) in [5, 5.41) is 2.20. The number of amides is 2.